The van der Waals surface area contributed by atoms with E-state index < -0.39 is 11.7 Å². The highest BCUT2D eigenvalue weighted by Crippen LogP contribution is 2.56. The SMILES string of the molecule is Nc1cncn1C1(C(F)(F)F)CC1. The lowest BCUT2D eigenvalue weighted by molar-refractivity contribution is -0.179. The van der Waals surface area contributed by atoms with E-state index in [0.29, 0.717) is 0 Å². The minimum Gasteiger partial charge on any atom is -0.384 e. The zero-order valence-electron chi connectivity index (χ0n) is 6.67. The summed E-state index contributed by atoms with van der Waals surface area (Å²) in [7, 11) is 0. The van der Waals surface area contributed by atoms with Crippen LogP contribution in [-0.2, 0) is 5.54 Å². The molecular weight excluding hydrogens is 183 g/mol. The number of aromatic nitrogens is 2. The van der Waals surface area contributed by atoms with Gasteiger partial charge in [-0.1, -0.05) is 0 Å². The lowest BCUT2D eigenvalue weighted by Gasteiger charge is -2.21. The molecule has 0 unspecified atom stereocenters. The van der Waals surface area contributed by atoms with Gasteiger partial charge in [0.1, 0.15) is 11.4 Å². The first kappa shape index (κ1) is 8.40. The van der Waals surface area contributed by atoms with Crippen molar-refractivity contribution in [3.8, 4) is 0 Å². The molecule has 0 aromatic carbocycles. The van der Waals surface area contributed by atoms with Crippen LogP contribution in [0.1, 0.15) is 12.8 Å². The van der Waals surface area contributed by atoms with Crippen LogP contribution in [0.3, 0.4) is 0 Å². The number of imidazole rings is 1. The molecule has 1 aliphatic rings. The summed E-state index contributed by atoms with van der Waals surface area (Å²) < 4.78 is 38.6. The molecule has 2 N–H and O–H groups in total. The van der Waals surface area contributed by atoms with E-state index >= 15 is 0 Å². The monoisotopic (exact) mass is 191 g/mol. The number of hydrogen-bond donors (Lipinski definition) is 1. The van der Waals surface area contributed by atoms with Gasteiger partial charge in [-0.3, -0.25) is 0 Å². The Balaban J connectivity index is 2.42. The molecule has 0 spiro atoms. The number of alkyl halides is 3. The molecule has 72 valence electrons. The molecule has 1 aromatic heterocycles. The van der Waals surface area contributed by atoms with Gasteiger partial charge in [-0.05, 0) is 12.8 Å². The Hall–Kier alpha value is -1.20. The third-order valence-corrected chi connectivity index (χ3v) is 2.38. The normalized spacial score (nSPS) is 20.2. The maximum Gasteiger partial charge on any atom is 0.412 e. The summed E-state index contributed by atoms with van der Waals surface area (Å²) >= 11 is 0. The molecular formula is C7H8F3N3. The highest BCUT2D eigenvalue weighted by molar-refractivity contribution is 5.30. The van der Waals surface area contributed by atoms with Gasteiger partial charge in [0, 0.05) is 0 Å². The molecule has 1 aromatic rings. The number of hydrogen-bond acceptors (Lipinski definition) is 2. The van der Waals surface area contributed by atoms with Crippen LogP contribution in [0.25, 0.3) is 0 Å². The molecule has 2 rings (SSSR count). The van der Waals surface area contributed by atoms with Crippen molar-refractivity contribution < 1.29 is 13.2 Å². The molecule has 1 saturated carbocycles. The number of halogens is 3. The molecule has 13 heavy (non-hydrogen) atoms. The van der Waals surface area contributed by atoms with Crippen LogP contribution in [0.15, 0.2) is 12.5 Å². The van der Waals surface area contributed by atoms with Crippen LogP contribution < -0.4 is 5.73 Å². The maximum absolute atomic E-state index is 12.5. The maximum atomic E-state index is 12.5. The predicted octanol–water partition coefficient (Wildman–Crippen LogP) is 1.52. The van der Waals surface area contributed by atoms with E-state index in [-0.39, 0.29) is 18.7 Å². The Morgan fingerprint density at radius 2 is 2.08 bits per heavy atom. The first-order valence-corrected chi connectivity index (χ1v) is 3.82. The molecule has 0 saturated heterocycles. The van der Waals surface area contributed by atoms with E-state index in [1.165, 1.54) is 6.20 Å². The minimum absolute atomic E-state index is 0.0647. The number of nitrogens with two attached hydrogens (primary N) is 1. The lowest BCUT2D eigenvalue weighted by Crippen LogP contribution is -2.35. The standard InChI is InChI=1S/C7H8F3N3/c8-7(9,10)6(1-2-6)13-4-12-3-5(13)11/h3-4H,1-2,11H2. The van der Waals surface area contributed by atoms with Gasteiger partial charge in [0.25, 0.3) is 0 Å². The molecule has 1 fully saturated rings. The predicted molar refractivity (Wildman–Crippen MR) is 39.9 cm³/mol. The number of nitrogens with zero attached hydrogens (tertiary/aromatic N) is 2. The third-order valence-electron chi connectivity index (χ3n) is 2.38. The highest BCUT2D eigenvalue weighted by Gasteiger charge is 2.65. The van der Waals surface area contributed by atoms with Crippen molar-refractivity contribution in [1.29, 1.82) is 0 Å². The van der Waals surface area contributed by atoms with Gasteiger partial charge in [0.05, 0.1) is 12.5 Å². The first-order chi connectivity index (χ1) is 5.97. The van der Waals surface area contributed by atoms with Crippen molar-refractivity contribution in [3.05, 3.63) is 12.5 Å². The van der Waals surface area contributed by atoms with Crippen LogP contribution in [0.4, 0.5) is 19.0 Å². The van der Waals surface area contributed by atoms with Gasteiger partial charge in [-0.25, -0.2) is 4.98 Å². The smallest absolute Gasteiger partial charge is 0.384 e. The fourth-order valence-corrected chi connectivity index (χ4v) is 1.44. The average Bonchev–Trinajstić information content (AvgIpc) is 2.70. The first-order valence-electron chi connectivity index (χ1n) is 3.82. The molecule has 1 heterocycles. The van der Waals surface area contributed by atoms with Crippen molar-refractivity contribution in [3.63, 3.8) is 0 Å². The second kappa shape index (κ2) is 2.18. The third kappa shape index (κ3) is 1.01. The van der Waals surface area contributed by atoms with E-state index in [2.05, 4.69) is 4.98 Å². The fraction of sp³-hybridized carbons (Fsp3) is 0.571. The summed E-state index contributed by atoms with van der Waals surface area (Å²) in [4.78, 5) is 3.58. The number of nitrogen functional groups attached to an aromatic ring is 1. The summed E-state index contributed by atoms with van der Waals surface area (Å²) in [6.45, 7) is 0. The highest BCUT2D eigenvalue weighted by atomic mass is 19.4. The Kier molecular flexibility index (Phi) is 1.41. The Bertz CT molecular complexity index is 324. The molecule has 6 heteroatoms. The molecule has 1 aliphatic carbocycles. The summed E-state index contributed by atoms with van der Waals surface area (Å²) in [6.07, 6.45) is -1.68. The number of anilines is 1. The van der Waals surface area contributed by atoms with Crippen LogP contribution in [0.2, 0.25) is 0 Å². The Labute approximate surface area is 72.4 Å². The molecule has 0 aliphatic heterocycles. The van der Waals surface area contributed by atoms with E-state index in [4.69, 9.17) is 5.73 Å². The largest absolute Gasteiger partial charge is 0.412 e. The van der Waals surface area contributed by atoms with Crippen LogP contribution >= 0.6 is 0 Å². The van der Waals surface area contributed by atoms with E-state index in [1.807, 2.05) is 0 Å². The molecule has 3 nitrogen and oxygen atoms in total. The van der Waals surface area contributed by atoms with Gasteiger partial charge < -0.3 is 10.3 Å². The summed E-state index contributed by atoms with van der Waals surface area (Å²) in [6, 6.07) is 0. The second-order valence-electron chi connectivity index (χ2n) is 3.22. The summed E-state index contributed by atoms with van der Waals surface area (Å²) in [5.74, 6) is 0.0647. The lowest BCUT2D eigenvalue weighted by atomic mass is 10.2. The summed E-state index contributed by atoms with van der Waals surface area (Å²) in [5.41, 5.74) is 3.59. The summed E-state index contributed by atoms with van der Waals surface area (Å²) in [5, 5.41) is 0. The van der Waals surface area contributed by atoms with E-state index in [9.17, 15) is 13.2 Å². The van der Waals surface area contributed by atoms with Crippen molar-refractivity contribution in [1.82, 2.24) is 9.55 Å². The second-order valence-corrected chi connectivity index (χ2v) is 3.22. The van der Waals surface area contributed by atoms with E-state index in [1.54, 1.807) is 0 Å². The fourth-order valence-electron chi connectivity index (χ4n) is 1.44. The van der Waals surface area contributed by atoms with Gasteiger partial charge in [-0.15, -0.1) is 0 Å². The molecule has 0 radical (unpaired) electrons. The topological polar surface area (TPSA) is 43.8 Å². The molecule has 0 amide bonds. The van der Waals surface area contributed by atoms with Crippen LogP contribution in [0.5, 0.6) is 0 Å². The Morgan fingerprint density at radius 3 is 2.38 bits per heavy atom. The van der Waals surface area contributed by atoms with Gasteiger partial charge in [0.15, 0.2) is 0 Å². The van der Waals surface area contributed by atoms with Crippen LogP contribution in [0, 0.1) is 0 Å². The zero-order valence-corrected chi connectivity index (χ0v) is 6.67. The van der Waals surface area contributed by atoms with Crippen molar-refractivity contribution >= 4 is 5.82 Å². The van der Waals surface area contributed by atoms with Crippen molar-refractivity contribution in [2.45, 2.75) is 24.6 Å². The minimum atomic E-state index is -4.23. The van der Waals surface area contributed by atoms with Gasteiger partial charge in [-0.2, -0.15) is 13.2 Å². The average molecular weight is 191 g/mol. The molecule has 0 bridgehead atoms. The van der Waals surface area contributed by atoms with Crippen molar-refractivity contribution in [2.24, 2.45) is 0 Å². The van der Waals surface area contributed by atoms with Gasteiger partial charge >= 0.3 is 6.18 Å². The van der Waals surface area contributed by atoms with Crippen LogP contribution in [-0.4, -0.2) is 15.7 Å². The zero-order chi connectivity index (χ0) is 9.69. The quantitative estimate of drug-likeness (QED) is 0.731. The van der Waals surface area contributed by atoms with E-state index in [0.717, 1.165) is 10.9 Å². The Morgan fingerprint density at radius 1 is 1.46 bits per heavy atom. The molecule has 0 atom stereocenters. The van der Waals surface area contributed by atoms with Crippen molar-refractivity contribution in [2.75, 3.05) is 5.73 Å². The number of rotatable bonds is 1. The van der Waals surface area contributed by atoms with Gasteiger partial charge in [0.2, 0.25) is 0 Å².